The highest BCUT2D eigenvalue weighted by molar-refractivity contribution is 9.10. The molecule has 0 fully saturated rings. The summed E-state index contributed by atoms with van der Waals surface area (Å²) in [7, 11) is 2.57. The number of carbonyl (C=O) groups is 3. The first-order valence-corrected chi connectivity index (χ1v) is 10.1. The molecule has 1 aliphatic rings. The van der Waals surface area contributed by atoms with Crippen molar-refractivity contribution in [3.8, 4) is 5.75 Å². The number of aryl methyl sites for hydroxylation is 1. The molecular formula is C19H18BrNO6S. The first-order valence-electron chi connectivity index (χ1n) is 8.44. The lowest BCUT2D eigenvalue weighted by Crippen LogP contribution is -2.22. The second kappa shape index (κ2) is 8.74. The second-order valence-electron chi connectivity index (χ2n) is 6.04. The monoisotopic (exact) mass is 467 g/mol. The normalized spacial score (nSPS) is 14.9. The number of benzene rings is 1. The Balaban J connectivity index is 1.78. The zero-order chi connectivity index (χ0) is 20.3. The molecule has 1 aromatic heterocycles. The molecular weight excluding hydrogens is 450 g/mol. The Morgan fingerprint density at radius 2 is 1.89 bits per heavy atom. The molecule has 3 rings (SSSR count). The Morgan fingerprint density at radius 1 is 1.18 bits per heavy atom. The standard InChI is InChI=1S/C19H18BrNO6S/c1-25-18(23)12-7-8-13-15(12)16(19(24)26-2)17(28-13)21-14(22)9-27-11-5-3-10(20)4-6-11/h3-6,12H,7-9H2,1-2H3,(H,21,22). The van der Waals surface area contributed by atoms with Crippen LogP contribution in [0, 0.1) is 0 Å². The predicted octanol–water partition coefficient (Wildman–Crippen LogP) is 3.52. The van der Waals surface area contributed by atoms with E-state index in [1.54, 1.807) is 24.3 Å². The molecule has 148 valence electrons. The predicted molar refractivity (Wildman–Crippen MR) is 107 cm³/mol. The quantitative estimate of drug-likeness (QED) is 0.653. The van der Waals surface area contributed by atoms with Crippen molar-refractivity contribution in [1.82, 2.24) is 0 Å². The van der Waals surface area contributed by atoms with Gasteiger partial charge >= 0.3 is 11.9 Å². The summed E-state index contributed by atoms with van der Waals surface area (Å²) >= 11 is 4.60. The van der Waals surface area contributed by atoms with Gasteiger partial charge in [0.05, 0.1) is 25.7 Å². The van der Waals surface area contributed by atoms with Crippen molar-refractivity contribution < 1.29 is 28.6 Å². The van der Waals surface area contributed by atoms with Crippen LogP contribution in [0.25, 0.3) is 0 Å². The molecule has 1 amide bonds. The summed E-state index contributed by atoms with van der Waals surface area (Å²) in [5, 5.41) is 3.06. The molecule has 0 saturated heterocycles. The third kappa shape index (κ3) is 4.20. The maximum atomic E-state index is 12.3. The molecule has 9 heteroatoms. The number of nitrogens with one attached hydrogen (secondary N) is 1. The van der Waals surface area contributed by atoms with Gasteiger partial charge in [0.2, 0.25) is 0 Å². The number of thiophene rings is 1. The number of rotatable bonds is 6. The highest BCUT2D eigenvalue weighted by Crippen LogP contribution is 2.45. The van der Waals surface area contributed by atoms with Crippen LogP contribution in [0.5, 0.6) is 5.75 Å². The minimum atomic E-state index is -0.600. The lowest BCUT2D eigenvalue weighted by molar-refractivity contribution is -0.142. The summed E-state index contributed by atoms with van der Waals surface area (Å²) < 4.78 is 16.1. The van der Waals surface area contributed by atoms with E-state index in [-0.39, 0.29) is 12.2 Å². The van der Waals surface area contributed by atoms with Gasteiger partial charge < -0.3 is 19.5 Å². The number of esters is 2. The molecule has 1 aromatic carbocycles. The summed E-state index contributed by atoms with van der Waals surface area (Å²) in [6, 6.07) is 7.08. The van der Waals surface area contributed by atoms with Crippen molar-refractivity contribution >= 4 is 50.1 Å². The number of anilines is 1. The Hall–Kier alpha value is -2.39. The molecule has 1 aliphatic carbocycles. The maximum Gasteiger partial charge on any atom is 0.341 e. The summed E-state index contributed by atoms with van der Waals surface area (Å²) in [5.41, 5.74) is 0.806. The van der Waals surface area contributed by atoms with Crippen molar-refractivity contribution in [2.75, 3.05) is 26.1 Å². The van der Waals surface area contributed by atoms with Crippen LogP contribution in [0.1, 0.15) is 33.1 Å². The van der Waals surface area contributed by atoms with E-state index < -0.39 is 23.8 Å². The van der Waals surface area contributed by atoms with E-state index in [1.807, 2.05) is 0 Å². The molecule has 1 unspecified atom stereocenters. The zero-order valence-corrected chi connectivity index (χ0v) is 17.6. The molecule has 0 bridgehead atoms. The van der Waals surface area contributed by atoms with Gasteiger partial charge in [-0.1, -0.05) is 15.9 Å². The number of carbonyl (C=O) groups excluding carboxylic acids is 3. The van der Waals surface area contributed by atoms with Crippen molar-refractivity contribution in [1.29, 1.82) is 0 Å². The van der Waals surface area contributed by atoms with Gasteiger partial charge in [-0.25, -0.2) is 4.79 Å². The molecule has 1 heterocycles. The molecule has 1 N–H and O–H groups in total. The fourth-order valence-corrected chi connectivity index (χ4v) is 4.62. The minimum absolute atomic E-state index is 0.215. The number of amides is 1. The van der Waals surface area contributed by atoms with Gasteiger partial charge in [0.15, 0.2) is 6.61 Å². The van der Waals surface area contributed by atoms with Crippen molar-refractivity contribution in [2.45, 2.75) is 18.8 Å². The number of fused-ring (bicyclic) bond motifs is 1. The molecule has 1 atom stereocenters. The number of halogens is 1. The van der Waals surface area contributed by atoms with E-state index in [9.17, 15) is 14.4 Å². The van der Waals surface area contributed by atoms with Crippen LogP contribution in [-0.4, -0.2) is 38.7 Å². The average Bonchev–Trinajstić information content (AvgIpc) is 3.25. The van der Waals surface area contributed by atoms with Gasteiger partial charge in [-0.3, -0.25) is 9.59 Å². The first-order chi connectivity index (χ1) is 13.4. The molecule has 7 nitrogen and oxygen atoms in total. The van der Waals surface area contributed by atoms with E-state index in [2.05, 4.69) is 21.2 Å². The number of hydrogen-bond donors (Lipinski definition) is 1. The van der Waals surface area contributed by atoms with Crippen molar-refractivity contribution in [3.05, 3.63) is 44.7 Å². The largest absolute Gasteiger partial charge is 0.484 e. The third-order valence-electron chi connectivity index (χ3n) is 4.34. The van der Waals surface area contributed by atoms with Crippen LogP contribution < -0.4 is 10.1 Å². The molecule has 0 saturated carbocycles. The van der Waals surface area contributed by atoms with E-state index in [0.717, 1.165) is 9.35 Å². The van der Waals surface area contributed by atoms with E-state index in [4.69, 9.17) is 14.2 Å². The first kappa shape index (κ1) is 20.3. The number of methoxy groups -OCH3 is 2. The van der Waals surface area contributed by atoms with Crippen LogP contribution in [-0.2, 0) is 25.5 Å². The Morgan fingerprint density at radius 3 is 2.54 bits per heavy atom. The van der Waals surface area contributed by atoms with Gasteiger partial charge in [0.1, 0.15) is 10.8 Å². The zero-order valence-electron chi connectivity index (χ0n) is 15.2. The van der Waals surface area contributed by atoms with Crippen LogP contribution in [0.3, 0.4) is 0 Å². The van der Waals surface area contributed by atoms with Crippen LogP contribution in [0.15, 0.2) is 28.7 Å². The topological polar surface area (TPSA) is 90.9 Å². The molecule has 0 aliphatic heterocycles. The summed E-state index contributed by atoms with van der Waals surface area (Å²) in [5.74, 6) is -1.40. The van der Waals surface area contributed by atoms with Crippen molar-refractivity contribution in [2.24, 2.45) is 0 Å². The number of hydrogen-bond acceptors (Lipinski definition) is 7. The van der Waals surface area contributed by atoms with Gasteiger partial charge in [-0.05, 0) is 42.7 Å². The lowest BCUT2D eigenvalue weighted by Gasteiger charge is -2.12. The SMILES string of the molecule is COC(=O)c1c(NC(=O)COc2ccc(Br)cc2)sc2c1C(C(=O)OC)CC2. The molecule has 0 spiro atoms. The average molecular weight is 468 g/mol. The Kier molecular flexibility index (Phi) is 6.35. The minimum Gasteiger partial charge on any atom is -0.484 e. The molecule has 2 aromatic rings. The van der Waals surface area contributed by atoms with Crippen LogP contribution in [0.4, 0.5) is 5.00 Å². The van der Waals surface area contributed by atoms with E-state index in [1.165, 1.54) is 25.6 Å². The van der Waals surface area contributed by atoms with Crippen molar-refractivity contribution in [3.63, 3.8) is 0 Å². The van der Waals surface area contributed by atoms with Gasteiger partial charge in [-0.15, -0.1) is 11.3 Å². The lowest BCUT2D eigenvalue weighted by atomic mass is 9.99. The number of ether oxygens (including phenoxy) is 3. The van der Waals surface area contributed by atoms with Gasteiger partial charge in [0, 0.05) is 9.35 Å². The fourth-order valence-electron chi connectivity index (χ4n) is 3.08. The van der Waals surface area contributed by atoms with Gasteiger partial charge in [-0.2, -0.15) is 0 Å². The summed E-state index contributed by atoms with van der Waals surface area (Å²) in [4.78, 5) is 37.6. The maximum absolute atomic E-state index is 12.3. The molecule has 28 heavy (non-hydrogen) atoms. The van der Waals surface area contributed by atoms with Crippen LogP contribution >= 0.6 is 27.3 Å². The highest BCUT2D eigenvalue weighted by atomic mass is 79.9. The van der Waals surface area contributed by atoms with E-state index >= 15 is 0 Å². The van der Waals surface area contributed by atoms with Gasteiger partial charge in [0.25, 0.3) is 5.91 Å². The smallest absolute Gasteiger partial charge is 0.341 e. The second-order valence-corrected chi connectivity index (χ2v) is 8.06. The summed E-state index contributed by atoms with van der Waals surface area (Å²) in [6.45, 7) is -0.217. The molecule has 0 radical (unpaired) electrons. The Bertz CT molecular complexity index is 908. The third-order valence-corrected chi connectivity index (χ3v) is 6.05. The fraction of sp³-hybridized carbons (Fsp3) is 0.316. The van der Waals surface area contributed by atoms with Crippen LogP contribution in [0.2, 0.25) is 0 Å². The summed E-state index contributed by atoms with van der Waals surface area (Å²) in [6.07, 6.45) is 1.20. The Labute approximate surface area is 174 Å². The van der Waals surface area contributed by atoms with E-state index in [0.29, 0.717) is 29.2 Å². The highest BCUT2D eigenvalue weighted by Gasteiger charge is 2.38.